The number of primary amides is 1. The third-order valence-electron chi connectivity index (χ3n) is 3.75. The van der Waals surface area contributed by atoms with Crippen LogP contribution in [0.25, 0.3) is 0 Å². The third kappa shape index (κ3) is 3.43. The van der Waals surface area contributed by atoms with E-state index in [1.54, 1.807) is 38.1 Å². The Bertz CT molecular complexity index is 852. The van der Waals surface area contributed by atoms with Crippen LogP contribution in [-0.4, -0.2) is 24.1 Å². The van der Waals surface area contributed by atoms with Crippen molar-refractivity contribution in [2.75, 3.05) is 4.72 Å². The van der Waals surface area contributed by atoms with Gasteiger partial charge in [-0.25, -0.2) is 8.42 Å². The number of nitrogens with one attached hydrogen (secondary N) is 1. The van der Waals surface area contributed by atoms with Gasteiger partial charge in [-0.05, 0) is 37.5 Å². The smallest absolute Gasteiger partial charge is 0.269 e. The number of carbonyl (C=O) groups is 1. The Labute approximate surface area is 141 Å². The highest BCUT2D eigenvalue weighted by atomic mass is 32.2. The van der Waals surface area contributed by atoms with Gasteiger partial charge in [-0.2, -0.15) is 5.10 Å². The summed E-state index contributed by atoms with van der Waals surface area (Å²) < 4.78 is 29.0. The fourth-order valence-electron chi connectivity index (χ4n) is 2.41. The molecule has 7 nitrogen and oxygen atoms in total. The Morgan fingerprint density at radius 3 is 2.33 bits per heavy atom. The van der Waals surface area contributed by atoms with Crippen molar-refractivity contribution >= 4 is 21.6 Å². The van der Waals surface area contributed by atoms with Gasteiger partial charge in [-0.1, -0.05) is 26.0 Å². The van der Waals surface area contributed by atoms with Crippen LogP contribution in [0, 0.1) is 6.92 Å². The van der Waals surface area contributed by atoms with Gasteiger partial charge in [0, 0.05) is 6.54 Å². The van der Waals surface area contributed by atoms with Gasteiger partial charge in [-0.15, -0.1) is 0 Å². The van der Waals surface area contributed by atoms with E-state index in [9.17, 15) is 13.2 Å². The van der Waals surface area contributed by atoms with Crippen molar-refractivity contribution in [2.24, 2.45) is 5.73 Å². The number of amides is 1. The molecule has 0 aliphatic heterocycles. The number of nitrogens with zero attached hydrogens (tertiary/aromatic N) is 2. The molecule has 2 aromatic rings. The van der Waals surface area contributed by atoms with Gasteiger partial charge in [0.25, 0.3) is 15.9 Å². The summed E-state index contributed by atoms with van der Waals surface area (Å²) in [6.45, 7) is 7.89. The molecule has 0 aliphatic carbocycles. The molecule has 0 aliphatic rings. The van der Waals surface area contributed by atoms with Crippen LogP contribution in [0.5, 0.6) is 0 Å². The number of nitrogens with two attached hydrogens (primary N) is 1. The lowest BCUT2D eigenvalue weighted by atomic mass is 10.0. The lowest BCUT2D eigenvalue weighted by Gasteiger charge is -2.11. The highest BCUT2D eigenvalue weighted by Gasteiger charge is 2.24. The maximum absolute atomic E-state index is 12.6. The van der Waals surface area contributed by atoms with Crippen LogP contribution in [0.4, 0.5) is 5.69 Å². The molecule has 0 saturated carbocycles. The average Bonchev–Trinajstić information content (AvgIpc) is 2.83. The summed E-state index contributed by atoms with van der Waals surface area (Å²) in [4.78, 5) is 11.8. The molecule has 0 atom stereocenters. The number of hydrogen-bond donors (Lipinski definition) is 2. The van der Waals surface area contributed by atoms with Crippen LogP contribution in [-0.2, 0) is 16.6 Å². The van der Waals surface area contributed by atoms with Crippen molar-refractivity contribution in [2.45, 2.75) is 45.1 Å². The second kappa shape index (κ2) is 6.64. The zero-order chi connectivity index (χ0) is 18.1. The zero-order valence-electron chi connectivity index (χ0n) is 14.2. The average molecular weight is 350 g/mol. The summed E-state index contributed by atoms with van der Waals surface area (Å²) in [7, 11) is -3.84. The van der Waals surface area contributed by atoms with E-state index in [-0.39, 0.29) is 16.3 Å². The molecule has 1 aromatic heterocycles. The van der Waals surface area contributed by atoms with E-state index in [4.69, 9.17) is 5.73 Å². The van der Waals surface area contributed by atoms with E-state index in [0.717, 1.165) is 5.56 Å². The number of sulfonamides is 1. The van der Waals surface area contributed by atoms with Crippen LogP contribution in [0.3, 0.4) is 0 Å². The van der Waals surface area contributed by atoms with E-state index in [0.29, 0.717) is 18.2 Å². The maximum Gasteiger partial charge on any atom is 0.269 e. The largest absolute Gasteiger partial charge is 0.364 e. The van der Waals surface area contributed by atoms with Crippen LogP contribution in [0.15, 0.2) is 29.2 Å². The first kappa shape index (κ1) is 18.0. The molecule has 1 amide bonds. The second-order valence-electron chi connectivity index (χ2n) is 5.82. The highest BCUT2D eigenvalue weighted by Crippen LogP contribution is 2.25. The molecule has 0 saturated heterocycles. The fourth-order valence-corrected chi connectivity index (χ4v) is 3.53. The standard InChI is InChI=1S/C16H22N4O3S/c1-5-20-15(16(17)21)14(11(4)18-20)19-24(22,23)13-8-6-12(7-9-13)10(2)3/h6-10,19H,5H2,1-4H3,(H2,17,21). The Morgan fingerprint density at radius 2 is 1.88 bits per heavy atom. The molecular weight excluding hydrogens is 328 g/mol. The van der Waals surface area contributed by atoms with E-state index in [1.165, 1.54) is 4.68 Å². The molecule has 0 radical (unpaired) electrons. The van der Waals surface area contributed by atoms with E-state index < -0.39 is 15.9 Å². The fraction of sp³-hybridized carbons (Fsp3) is 0.375. The first-order valence-corrected chi connectivity index (χ1v) is 9.15. The van der Waals surface area contributed by atoms with Crippen LogP contribution >= 0.6 is 0 Å². The quantitative estimate of drug-likeness (QED) is 0.833. The molecule has 0 fully saturated rings. The molecule has 0 spiro atoms. The van der Waals surface area contributed by atoms with E-state index in [2.05, 4.69) is 9.82 Å². The summed E-state index contributed by atoms with van der Waals surface area (Å²) in [5.74, 6) is -0.425. The minimum absolute atomic E-state index is 0.0531. The number of aromatic nitrogens is 2. The summed E-state index contributed by atoms with van der Waals surface area (Å²) in [6.07, 6.45) is 0. The lowest BCUT2D eigenvalue weighted by molar-refractivity contribution is 0.0991. The van der Waals surface area contributed by atoms with Gasteiger partial charge in [0.05, 0.1) is 10.6 Å². The SMILES string of the molecule is CCn1nc(C)c(NS(=O)(=O)c2ccc(C(C)C)cc2)c1C(N)=O. The molecule has 0 bridgehead atoms. The Hall–Kier alpha value is -2.35. The van der Waals surface area contributed by atoms with Gasteiger partial charge in [0.1, 0.15) is 11.4 Å². The van der Waals surface area contributed by atoms with Crippen LogP contribution in [0.2, 0.25) is 0 Å². The van der Waals surface area contributed by atoms with Gasteiger partial charge < -0.3 is 5.73 Å². The minimum atomic E-state index is -3.84. The number of benzene rings is 1. The predicted octanol–water partition coefficient (Wildman–Crippen LogP) is 2.23. The monoisotopic (exact) mass is 350 g/mol. The van der Waals surface area contributed by atoms with Gasteiger partial charge in [-0.3, -0.25) is 14.2 Å². The van der Waals surface area contributed by atoms with Gasteiger partial charge >= 0.3 is 0 Å². The number of aryl methyl sites for hydroxylation is 2. The number of hydrogen-bond acceptors (Lipinski definition) is 4. The summed E-state index contributed by atoms with van der Waals surface area (Å²) in [6, 6.07) is 6.63. The predicted molar refractivity (Wildman–Crippen MR) is 92.5 cm³/mol. The normalized spacial score (nSPS) is 11.7. The minimum Gasteiger partial charge on any atom is -0.364 e. The van der Waals surface area contributed by atoms with E-state index in [1.807, 2.05) is 13.8 Å². The zero-order valence-corrected chi connectivity index (χ0v) is 15.0. The summed E-state index contributed by atoms with van der Waals surface area (Å²) in [5, 5.41) is 4.15. The summed E-state index contributed by atoms with van der Waals surface area (Å²) in [5.41, 5.74) is 7.00. The second-order valence-corrected chi connectivity index (χ2v) is 7.50. The highest BCUT2D eigenvalue weighted by molar-refractivity contribution is 7.92. The van der Waals surface area contributed by atoms with Crippen molar-refractivity contribution in [3.05, 3.63) is 41.2 Å². The van der Waals surface area contributed by atoms with Crippen molar-refractivity contribution in [3.8, 4) is 0 Å². The first-order chi connectivity index (χ1) is 11.2. The molecule has 0 unspecified atom stereocenters. The topological polar surface area (TPSA) is 107 Å². The first-order valence-electron chi connectivity index (χ1n) is 7.67. The number of carbonyl (C=O) groups excluding carboxylic acids is 1. The molecule has 130 valence electrons. The molecule has 8 heteroatoms. The lowest BCUT2D eigenvalue weighted by Crippen LogP contribution is -2.21. The van der Waals surface area contributed by atoms with Crippen molar-refractivity contribution < 1.29 is 13.2 Å². The Morgan fingerprint density at radius 1 is 1.29 bits per heavy atom. The number of anilines is 1. The molecule has 1 aromatic carbocycles. The molecule has 1 heterocycles. The third-order valence-corrected chi connectivity index (χ3v) is 5.12. The molecule has 3 N–H and O–H groups in total. The van der Waals surface area contributed by atoms with Crippen molar-refractivity contribution in [1.29, 1.82) is 0 Å². The van der Waals surface area contributed by atoms with Crippen LogP contribution < -0.4 is 10.5 Å². The van der Waals surface area contributed by atoms with E-state index >= 15 is 0 Å². The molecular formula is C16H22N4O3S. The molecule has 2 rings (SSSR count). The van der Waals surface area contributed by atoms with Crippen molar-refractivity contribution in [1.82, 2.24) is 9.78 Å². The van der Waals surface area contributed by atoms with Gasteiger partial charge in [0.2, 0.25) is 0 Å². The molecule has 24 heavy (non-hydrogen) atoms. The summed E-state index contributed by atoms with van der Waals surface area (Å²) >= 11 is 0. The Balaban J connectivity index is 2.43. The maximum atomic E-state index is 12.6. The van der Waals surface area contributed by atoms with Crippen LogP contribution in [0.1, 0.15) is 48.4 Å². The Kier molecular flexibility index (Phi) is 4.98. The van der Waals surface area contributed by atoms with Crippen molar-refractivity contribution in [3.63, 3.8) is 0 Å². The number of rotatable bonds is 6. The van der Waals surface area contributed by atoms with Gasteiger partial charge in [0.15, 0.2) is 0 Å².